The van der Waals surface area contributed by atoms with Crippen LogP contribution >= 0.6 is 23.7 Å². The highest BCUT2D eigenvalue weighted by atomic mass is 35.5. The normalized spacial score (nSPS) is 10.8. The van der Waals surface area contributed by atoms with Crippen LogP contribution in [0.25, 0.3) is 10.2 Å². The molecule has 0 spiro atoms. The number of aryl methyl sites for hydroxylation is 2. The van der Waals surface area contributed by atoms with Gasteiger partial charge < -0.3 is 9.64 Å². The summed E-state index contributed by atoms with van der Waals surface area (Å²) in [5, 5.41) is 0.699. The first-order valence-corrected chi connectivity index (χ1v) is 9.69. The van der Waals surface area contributed by atoms with Gasteiger partial charge in [-0.15, -0.1) is 12.4 Å². The molecule has 2 aromatic carbocycles. The number of hydrogen-bond donors (Lipinski definition) is 0. The molecule has 0 fully saturated rings. The molecule has 7 heteroatoms. The third kappa shape index (κ3) is 4.63. The van der Waals surface area contributed by atoms with E-state index in [0.29, 0.717) is 17.2 Å². The van der Waals surface area contributed by atoms with Gasteiger partial charge in [0.25, 0.3) is 5.91 Å². The van der Waals surface area contributed by atoms with Gasteiger partial charge in [-0.3, -0.25) is 9.69 Å². The smallest absolute Gasteiger partial charge is 0.260 e. The molecule has 0 aliphatic rings. The second kappa shape index (κ2) is 9.37. The minimum Gasteiger partial charge on any atom is -0.494 e. The first-order chi connectivity index (χ1) is 12.9. The molecule has 28 heavy (non-hydrogen) atoms. The molecule has 1 heterocycles. The maximum absolute atomic E-state index is 13.2. The van der Waals surface area contributed by atoms with Crippen molar-refractivity contribution in [1.29, 1.82) is 0 Å². The maximum atomic E-state index is 13.2. The Morgan fingerprint density at radius 3 is 2.36 bits per heavy atom. The quantitative estimate of drug-likeness (QED) is 0.587. The lowest BCUT2D eigenvalue weighted by Crippen LogP contribution is -2.36. The maximum Gasteiger partial charge on any atom is 0.260 e. The summed E-state index contributed by atoms with van der Waals surface area (Å²) in [6, 6.07) is 11.6. The number of fused-ring (bicyclic) bond motifs is 1. The third-order valence-corrected chi connectivity index (χ3v) is 5.67. The van der Waals surface area contributed by atoms with Crippen LogP contribution in [0.15, 0.2) is 36.4 Å². The monoisotopic (exact) mass is 419 g/mol. The van der Waals surface area contributed by atoms with Crippen LogP contribution in [-0.4, -0.2) is 50.1 Å². The highest BCUT2D eigenvalue weighted by Gasteiger charge is 2.22. The molecule has 0 radical (unpaired) electrons. The zero-order chi connectivity index (χ0) is 19.6. The van der Waals surface area contributed by atoms with E-state index in [1.165, 1.54) is 11.3 Å². The number of ether oxygens (including phenoxy) is 1. The molecule has 0 saturated heterocycles. The van der Waals surface area contributed by atoms with Gasteiger partial charge >= 0.3 is 0 Å². The summed E-state index contributed by atoms with van der Waals surface area (Å²) in [6.07, 6.45) is 0. The van der Waals surface area contributed by atoms with E-state index in [1.54, 1.807) is 12.0 Å². The van der Waals surface area contributed by atoms with Gasteiger partial charge in [-0.1, -0.05) is 35.1 Å². The van der Waals surface area contributed by atoms with Gasteiger partial charge in [0.2, 0.25) is 0 Å². The van der Waals surface area contributed by atoms with Crippen LogP contribution in [0.5, 0.6) is 5.75 Å². The highest BCUT2D eigenvalue weighted by molar-refractivity contribution is 7.22. The molecule has 0 N–H and O–H groups in total. The number of likely N-dealkylation sites (N-methyl/N-ethyl adjacent to an activating group) is 1. The Hall–Kier alpha value is -2.15. The Labute approximate surface area is 176 Å². The Kier molecular flexibility index (Phi) is 7.41. The molecule has 3 aromatic rings. The molecule has 0 saturated carbocycles. The number of amides is 1. The van der Waals surface area contributed by atoms with E-state index >= 15 is 0 Å². The fraction of sp³-hybridized carbons (Fsp3) is 0.333. The SMILES string of the molecule is COc1ccc(C)c2sc(N(CCN(C)C)C(=O)c3ccc(C)cc3)nc12.Cl. The first kappa shape index (κ1) is 22.1. The van der Waals surface area contributed by atoms with Crippen molar-refractivity contribution < 1.29 is 9.53 Å². The van der Waals surface area contributed by atoms with Gasteiger partial charge in [0, 0.05) is 18.7 Å². The molecule has 0 bridgehead atoms. The second-order valence-electron chi connectivity index (χ2n) is 6.88. The number of aromatic nitrogens is 1. The van der Waals surface area contributed by atoms with Crippen molar-refractivity contribution in [2.45, 2.75) is 13.8 Å². The van der Waals surface area contributed by atoms with Crippen molar-refractivity contribution in [3.8, 4) is 5.75 Å². The van der Waals surface area contributed by atoms with Crippen molar-refractivity contribution in [3.05, 3.63) is 53.1 Å². The van der Waals surface area contributed by atoms with Gasteiger partial charge in [0.1, 0.15) is 11.3 Å². The lowest BCUT2D eigenvalue weighted by molar-refractivity contribution is 0.0985. The molecule has 0 unspecified atom stereocenters. The number of carbonyl (C=O) groups excluding carboxylic acids is 1. The molecular weight excluding hydrogens is 394 g/mol. The molecule has 0 aliphatic carbocycles. The van der Waals surface area contributed by atoms with E-state index in [2.05, 4.69) is 11.8 Å². The van der Waals surface area contributed by atoms with Crippen molar-refractivity contribution in [2.24, 2.45) is 0 Å². The number of nitrogens with zero attached hydrogens (tertiary/aromatic N) is 3. The number of hydrogen-bond acceptors (Lipinski definition) is 5. The number of carbonyl (C=O) groups is 1. The average Bonchev–Trinajstić information content (AvgIpc) is 3.08. The fourth-order valence-electron chi connectivity index (χ4n) is 2.81. The van der Waals surface area contributed by atoms with Gasteiger partial charge in [-0.25, -0.2) is 4.98 Å². The summed E-state index contributed by atoms with van der Waals surface area (Å²) in [5.74, 6) is 0.695. The Balaban J connectivity index is 0.00000280. The second-order valence-corrected chi connectivity index (χ2v) is 7.86. The highest BCUT2D eigenvalue weighted by Crippen LogP contribution is 2.36. The minimum absolute atomic E-state index is 0. The third-order valence-electron chi connectivity index (χ3n) is 4.46. The molecule has 150 valence electrons. The molecule has 1 amide bonds. The van der Waals surface area contributed by atoms with E-state index in [4.69, 9.17) is 9.72 Å². The molecule has 3 rings (SSSR count). The van der Waals surface area contributed by atoms with E-state index in [9.17, 15) is 4.79 Å². The van der Waals surface area contributed by atoms with Crippen molar-refractivity contribution in [3.63, 3.8) is 0 Å². The van der Waals surface area contributed by atoms with Crippen LogP contribution in [0.2, 0.25) is 0 Å². The first-order valence-electron chi connectivity index (χ1n) is 8.88. The van der Waals surface area contributed by atoms with E-state index in [1.807, 2.05) is 57.4 Å². The van der Waals surface area contributed by atoms with Crippen LogP contribution in [0, 0.1) is 13.8 Å². The summed E-state index contributed by atoms with van der Waals surface area (Å²) in [6.45, 7) is 5.39. The molecule has 1 aromatic heterocycles. The summed E-state index contributed by atoms with van der Waals surface area (Å²) in [5.41, 5.74) is 3.74. The Morgan fingerprint density at radius 2 is 1.75 bits per heavy atom. The van der Waals surface area contributed by atoms with Crippen LogP contribution in [-0.2, 0) is 0 Å². The Bertz CT molecular complexity index is 954. The lowest BCUT2D eigenvalue weighted by Gasteiger charge is -2.22. The van der Waals surface area contributed by atoms with E-state index in [-0.39, 0.29) is 18.3 Å². The largest absolute Gasteiger partial charge is 0.494 e. The van der Waals surface area contributed by atoms with Gasteiger partial charge in [-0.05, 0) is 51.7 Å². The van der Waals surface area contributed by atoms with E-state index < -0.39 is 0 Å². The van der Waals surface area contributed by atoms with Gasteiger partial charge in [-0.2, -0.15) is 0 Å². The average molecular weight is 420 g/mol. The zero-order valence-corrected chi connectivity index (χ0v) is 18.5. The molecule has 5 nitrogen and oxygen atoms in total. The predicted octanol–water partition coefficient (Wildman–Crippen LogP) is 4.55. The predicted molar refractivity (Wildman–Crippen MR) is 120 cm³/mol. The fourth-order valence-corrected chi connectivity index (χ4v) is 3.89. The van der Waals surface area contributed by atoms with E-state index in [0.717, 1.165) is 33.6 Å². The standard InChI is InChI=1S/C21H25N3O2S.ClH/c1-14-6-9-16(10-7-14)20(25)24(13-12-23(3)4)21-22-18-17(26-5)11-8-15(2)19(18)27-21;/h6-11H,12-13H2,1-5H3;1H. The minimum atomic E-state index is -0.0347. The summed E-state index contributed by atoms with van der Waals surface area (Å²) < 4.78 is 6.52. The Morgan fingerprint density at radius 1 is 1.07 bits per heavy atom. The number of halogens is 1. The number of rotatable bonds is 6. The molecular formula is C21H26ClN3O2S. The number of thiazole rings is 1. The summed E-state index contributed by atoms with van der Waals surface area (Å²) >= 11 is 1.53. The number of methoxy groups -OCH3 is 1. The number of benzene rings is 2. The van der Waals surface area contributed by atoms with Crippen LogP contribution in [0.3, 0.4) is 0 Å². The summed E-state index contributed by atoms with van der Waals surface area (Å²) in [4.78, 5) is 21.8. The number of anilines is 1. The summed E-state index contributed by atoms with van der Waals surface area (Å²) in [7, 11) is 5.64. The van der Waals surface area contributed by atoms with Crippen LogP contribution < -0.4 is 9.64 Å². The lowest BCUT2D eigenvalue weighted by atomic mass is 10.1. The topological polar surface area (TPSA) is 45.7 Å². The van der Waals surface area contributed by atoms with Gasteiger partial charge in [0.05, 0.1) is 11.8 Å². The van der Waals surface area contributed by atoms with Crippen molar-refractivity contribution >= 4 is 45.0 Å². The van der Waals surface area contributed by atoms with Gasteiger partial charge in [0.15, 0.2) is 5.13 Å². The zero-order valence-electron chi connectivity index (χ0n) is 16.9. The van der Waals surface area contributed by atoms with Crippen LogP contribution in [0.1, 0.15) is 21.5 Å². The van der Waals surface area contributed by atoms with Crippen LogP contribution in [0.4, 0.5) is 5.13 Å². The molecule has 0 atom stereocenters. The van der Waals surface area contributed by atoms with Crippen molar-refractivity contribution in [1.82, 2.24) is 9.88 Å². The molecule has 0 aliphatic heterocycles. The van der Waals surface area contributed by atoms with Crippen molar-refractivity contribution in [2.75, 3.05) is 39.2 Å².